The number of methoxy groups -OCH3 is 1. The standard InChI is InChI=1S/C14H25NOS/c1-6-12(13-8-7-9-17-13)15-11(2)10-14(3,4)16-5/h7-9,11-12,15H,6,10H2,1-5H3. The Bertz CT molecular complexity index is 308. The fourth-order valence-electron chi connectivity index (χ4n) is 2.11. The van der Waals surface area contributed by atoms with Gasteiger partial charge >= 0.3 is 0 Å². The molecule has 0 aliphatic carbocycles. The first kappa shape index (κ1) is 14.7. The highest BCUT2D eigenvalue weighted by molar-refractivity contribution is 7.10. The molecule has 0 aromatic carbocycles. The maximum absolute atomic E-state index is 5.48. The van der Waals surface area contributed by atoms with Crippen LogP contribution in [0.5, 0.6) is 0 Å². The molecule has 0 radical (unpaired) electrons. The molecule has 0 fully saturated rings. The SMILES string of the molecule is CCC(NC(C)CC(C)(C)OC)c1cccs1. The minimum absolute atomic E-state index is 0.0554. The molecule has 2 unspecified atom stereocenters. The second kappa shape index (κ2) is 6.53. The van der Waals surface area contributed by atoms with Gasteiger partial charge in [-0.15, -0.1) is 11.3 Å². The summed E-state index contributed by atoms with van der Waals surface area (Å²) in [5, 5.41) is 5.83. The van der Waals surface area contributed by atoms with Crippen molar-refractivity contribution in [2.24, 2.45) is 0 Å². The molecule has 0 aliphatic heterocycles. The van der Waals surface area contributed by atoms with Gasteiger partial charge in [-0.05, 0) is 45.1 Å². The molecular weight excluding hydrogens is 230 g/mol. The average Bonchev–Trinajstić information content (AvgIpc) is 2.78. The Morgan fingerprint density at radius 1 is 1.47 bits per heavy atom. The summed E-state index contributed by atoms with van der Waals surface area (Å²) in [6.45, 7) is 8.73. The molecular formula is C14H25NOS. The first-order valence-electron chi connectivity index (χ1n) is 6.33. The zero-order valence-electron chi connectivity index (χ0n) is 11.6. The van der Waals surface area contributed by atoms with Crippen LogP contribution in [0.4, 0.5) is 0 Å². The van der Waals surface area contributed by atoms with Gasteiger partial charge in [-0.2, -0.15) is 0 Å². The Labute approximate surface area is 109 Å². The molecule has 1 rings (SSSR count). The molecule has 3 heteroatoms. The van der Waals surface area contributed by atoms with E-state index in [0.29, 0.717) is 12.1 Å². The molecule has 2 atom stereocenters. The Balaban J connectivity index is 2.52. The number of thiophene rings is 1. The molecule has 0 saturated carbocycles. The van der Waals surface area contributed by atoms with Crippen molar-refractivity contribution in [1.29, 1.82) is 0 Å². The van der Waals surface area contributed by atoms with Crippen LogP contribution in [0.25, 0.3) is 0 Å². The topological polar surface area (TPSA) is 21.3 Å². The van der Waals surface area contributed by atoms with Gasteiger partial charge in [0.2, 0.25) is 0 Å². The molecule has 0 saturated heterocycles. The molecule has 2 nitrogen and oxygen atoms in total. The third-order valence-electron chi connectivity index (χ3n) is 3.13. The second-order valence-electron chi connectivity index (χ2n) is 5.21. The number of hydrogen-bond acceptors (Lipinski definition) is 3. The van der Waals surface area contributed by atoms with Crippen molar-refractivity contribution >= 4 is 11.3 Å². The third-order valence-corrected chi connectivity index (χ3v) is 4.12. The minimum atomic E-state index is -0.0554. The van der Waals surface area contributed by atoms with E-state index in [2.05, 4.69) is 50.5 Å². The van der Waals surface area contributed by atoms with Gasteiger partial charge in [0, 0.05) is 24.1 Å². The van der Waals surface area contributed by atoms with E-state index < -0.39 is 0 Å². The molecule has 1 aromatic rings. The first-order valence-corrected chi connectivity index (χ1v) is 7.21. The van der Waals surface area contributed by atoms with Crippen molar-refractivity contribution in [2.75, 3.05) is 7.11 Å². The fraction of sp³-hybridized carbons (Fsp3) is 0.714. The van der Waals surface area contributed by atoms with Gasteiger partial charge in [0.05, 0.1) is 5.60 Å². The smallest absolute Gasteiger partial charge is 0.0637 e. The van der Waals surface area contributed by atoms with E-state index in [1.165, 1.54) is 4.88 Å². The van der Waals surface area contributed by atoms with Crippen LogP contribution in [0, 0.1) is 0 Å². The van der Waals surface area contributed by atoms with Crippen LogP contribution in [-0.2, 0) is 4.74 Å². The van der Waals surface area contributed by atoms with Crippen molar-refractivity contribution in [3.05, 3.63) is 22.4 Å². The molecule has 0 aliphatic rings. The van der Waals surface area contributed by atoms with Gasteiger partial charge in [0.25, 0.3) is 0 Å². The zero-order valence-corrected chi connectivity index (χ0v) is 12.4. The van der Waals surface area contributed by atoms with Crippen LogP contribution in [0.1, 0.15) is 51.5 Å². The van der Waals surface area contributed by atoms with Crippen LogP contribution in [0.3, 0.4) is 0 Å². The monoisotopic (exact) mass is 255 g/mol. The number of nitrogens with one attached hydrogen (secondary N) is 1. The van der Waals surface area contributed by atoms with Crippen molar-refractivity contribution < 1.29 is 4.74 Å². The average molecular weight is 255 g/mol. The number of hydrogen-bond donors (Lipinski definition) is 1. The van der Waals surface area contributed by atoms with E-state index in [9.17, 15) is 0 Å². The summed E-state index contributed by atoms with van der Waals surface area (Å²) >= 11 is 1.83. The summed E-state index contributed by atoms with van der Waals surface area (Å²) < 4.78 is 5.48. The molecule has 0 spiro atoms. The predicted molar refractivity (Wildman–Crippen MR) is 75.7 cm³/mol. The highest BCUT2D eigenvalue weighted by Crippen LogP contribution is 2.24. The summed E-state index contributed by atoms with van der Waals surface area (Å²) in [6.07, 6.45) is 2.14. The first-order chi connectivity index (χ1) is 7.98. The summed E-state index contributed by atoms with van der Waals surface area (Å²) in [4.78, 5) is 1.43. The molecule has 1 aromatic heterocycles. The molecule has 17 heavy (non-hydrogen) atoms. The Morgan fingerprint density at radius 3 is 2.65 bits per heavy atom. The van der Waals surface area contributed by atoms with E-state index in [1.807, 2.05) is 11.3 Å². The fourth-order valence-corrected chi connectivity index (χ4v) is 2.98. The van der Waals surface area contributed by atoms with E-state index in [-0.39, 0.29) is 5.60 Å². The van der Waals surface area contributed by atoms with Gasteiger partial charge in [0.1, 0.15) is 0 Å². The molecule has 1 heterocycles. The molecule has 1 N–H and O–H groups in total. The van der Waals surface area contributed by atoms with Crippen LogP contribution >= 0.6 is 11.3 Å². The van der Waals surface area contributed by atoms with E-state index in [0.717, 1.165) is 12.8 Å². The lowest BCUT2D eigenvalue weighted by atomic mass is 9.99. The lowest BCUT2D eigenvalue weighted by Gasteiger charge is -2.29. The van der Waals surface area contributed by atoms with E-state index >= 15 is 0 Å². The lowest BCUT2D eigenvalue weighted by Crippen LogP contribution is -2.37. The summed E-state index contributed by atoms with van der Waals surface area (Å²) in [5.74, 6) is 0. The van der Waals surface area contributed by atoms with Gasteiger partial charge in [0.15, 0.2) is 0 Å². The predicted octanol–water partition coefficient (Wildman–Crippen LogP) is 3.99. The molecule has 0 amide bonds. The zero-order chi connectivity index (χ0) is 12.9. The van der Waals surface area contributed by atoms with Crippen LogP contribution in [0.15, 0.2) is 17.5 Å². The van der Waals surface area contributed by atoms with Crippen molar-refractivity contribution in [1.82, 2.24) is 5.32 Å². The largest absolute Gasteiger partial charge is 0.379 e. The van der Waals surface area contributed by atoms with E-state index in [1.54, 1.807) is 7.11 Å². The number of rotatable bonds is 7. The van der Waals surface area contributed by atoms with Gasteiger partial charge in [-0.3, -0.25) is 0 Å². The second-order valence-corrected chi connectivity index (χ2v) is 6.19. The van der Waals surface area contributed by atoms with Crippen molar-refractivity contribution in [3.63, 3.8) is 0 Å². The van der Waals surface area contributed by atoms with Crippen molar-refractivity contribution in [2.45, 2.75) is 58.2 Å². The Morgan fingerprint density at radius 2 is 2.18 bits per heavy atom. The molecule has 0 bridgehead atoms. The highest BCUT2D eigenvalue weighted by atomic mass is 32.1. The summed E-state index contributed by atoms with van der Waals surface area (Å²) in [5.41, 5.74) is -0.0554. The van der Waals surface area contributed by atoms with Crippen LogP contribution in [-0.4, -0.2) is 18.8 Å². The minimum Gasteiger partial charge on any atom is -0.379 e. The summed E-state index contributed by atoms with van der Waals surface area (Å²) in [7, 11) is 1.78. The van der Waals surface area contributed by atoms with E-state index in [4.69, 9.17) is 4.74 Å². The summed E-state index contributed by atoms with van der Waals surface area (Å²) in [6, 6.07) is 5.25. The Hall–Kier alpha value is -0.380. The maximum atomic E-state index is 5.48. The highest BCUT2D eigenvalue weighted by Gasteiger charge is 2.22. The van der Waals surface area contributed by atoms with Gasteiger partial charge in [-0.25, -0.2) is 0 Å². The number of ether oxygens (including phenoxy) is 1. The Kier molecular flexibility index (Phi) is 5.63. The van der Waals surface area contributed by atoms with Crippen LogP contribution in [0.2, 0.25) is 0 Å². The maximum Gasteiger partial charge on any atom is 0.0637 e. The third kappa shape index (κ3) is 4.78. The van der Waals surface area contributed by atoms with Gasteiger partial charge < -0.3 is 10.1 Å². The van der Waals surface area contributed by atoms with Gasteiger partial charge in [-0.1, -0.05) is 13.0 Å². The lowest BCUT2D eigenvalue weighted by molar-refractivity contribution is 0.00764. The normalized spacial score (nSPS) is 15.8. The van der Waals surface area contributed by atoms with Crippen LogP contribution < -0.4 is 5.32 Å². The van der Waals surface area contributed by atoms with Crippen molar-refractivity contribution in [3.8, 4) is 0 Å². The quantitative estimate of drug-likeness (QED) is 0.795. The molecule has 98 valence electrons.